The van der Waals surface area contributed by atoms with E-state index in [1.807, 2.05) is 0 Å². The number of hydrogen-bond donors (Lipinski definition) is 1. The molecule has 3 atom stereocenters. The second-order valence-electron chi connectivity index (χ2n) is 5.59. The van der Waals surface area contributed by atoms with Crippen molar-refractivity contribution in [2.75, 3.05) is 11.9 Å². The van der Waals surface area contributed by atoms with Crippen LogP contribution in [-0.4, -0.2) is 16.5 Å². The molecule has 1 aromatic rings. The van der Waals surface area contributed by atoms with Crippen LogP contribution in [0.4, 0.5) is 11.5 Å². The zero-order valence-corrected chi connectivity index (χ0v) is 12.1. The van der Waals surface area contributed by atoms with Crippen LogP contribution in [0.3, 0.4) is 0 Å². The lowest BCUT2D eigenvalue weighted by molar-refractivity contribution is -0.384. The first-order valence-corrected chi connectivity index (χ1v) is 7.46. The summed E-state index contributed by atoms with van der Waals surface area (Å²) in [4.78, 5) is 14.7. The summed E-state index contributed by atoms with van der Waals surface area (Å²) in [6.07, 6.45) is 6.91. The smallest absolute Gasteiger partial charge is 0.312 e. The second kappa shape index (κ2) is 5.07. The van der Waals surface area contributed by atoms with E-state index in [1.165, 1.54) is 31.7 Å². The molecule has 0 aromatic carbocycles. The Morgan fingerprint density at radius 1 is 1.47 bits per heavy atom. The molecule has 102 valence electrons. The zero-order chi connectivity index (χ0) is 13.4. The van der Waals surface area contributed by atoms with Gasteiger partial charge >= 0.3 is 5.69 Å². The van der Waals surface area contributed by atoms with E-state index in [2.05, 4.69) is 26.2 Å². The van der Waals surface area contributed by atoms with Gasteiger partial charge in [-0.1, -0.05) is 6.42 Å². The summed E-state index contributed by atoms with van der Waals surface area (Å²) in [7, 11) is 0. The van der Waals surface area contributed by atoms with Gasteiger partial charge in [-0.3, -0.25) is 10.1 Å². The van der Waals surface area contributed by atoms with E-state index >= 15 is 0 Å². The van der Waals surface area contributed by atoms with Gasteiger partial charge in [-0.05, 0) is 52.9 Å². The Bertz CT molecular complexity index is 509. The molecule has 1 N–H and O–H groups in total. The van der Waals surface area contributed by atoms with Crippen molar-refractivity contribution in [2.24, 2.45) is 17.8 Å². The monoisotopic (exact) mass is 325 g/mol. The fourth-order valence-corrected chi connectivity index (χ4v) is 3.88. The van der Waals surface area contributed by atoms with E-state index in [0.29, 0.717) is 16.2 Å². The molecule has 0 radical (unpaired) electrons. The Hall–Kier alpha value is -1.17. The number of fused-ring (bicyclic) bond motifs is 2. The van der Waals surface area contributed by atoms with E-state index in [-0.39, 0.29) is 10.6 Å². The third-order valence-electron chi connectivity index (χ3n) is 4.45. The lowest BCUT2D eigenvalue weighted by Gasteiger charge is -2.21. The summed E-state index contributed by atoms with van der Waals surface area (Å²) in [5.74, 6) is 2.75. The first-order valence-electron chi connectivity index (χ1n) is 6.67. The van der Waals surface area contributed by atoms with Crippen molar-refractivity contribution < 1.29 is 4.92 Å². The number of anilines is 1. The number of nitrogens with one attached hydrogen (secondary N) is 1. The molecule has 5 nitrogen and oxygen atoms in total. The maximum atomic E-state index is 11.0. The predicted molar refractivity (Wildman–Crippen MR) is 76.0 cm³/mol. The van der Waals surface area contributed by atoms with Gasteiger partial charge in [0.1, 0.15) is 0 Å². The molecule has 3 unspecified atom stereocenters. The third kappa shape index (κ3) is 2.59. The van der Waals surface area contributed by atoms with Crippen LogP contribution >= 0.6 is 15.9 Å². The van der Waals surface area contributed by atoms with Crippen molar-refractivity contribution in [3.63, 3.8) is 0 Å². The molecule has 2 fully saturated rings. The van der Waals surface area contributed by atoms with Gasteiger partial charge in [0, 0.05) is 23.3 Å². The van der Waals surface area contributed by atoms with Gasteiger partial charge < -0.3 is 5.32 Å². The second-order valence-corrected chi connectivity index (χ2v) is 6.51. The number of nitro groups is 1. The van der Waals surface area contributed by atoms with Crippen molar-refractivity contribution in [2.45, 2.75) is 25.7 Å². The molecular formula is C13H16BrN3O2. The van der Waals surface area contributed by atoms with Crippen molar-refractivity contribution in [1.29, 1.82) is 0 Å². The standard InChI is InChI=1S/C13H16BrN3O2/c14-11-5-12(17(18)19)13(16-7-11)15-6-10-4-8-1-2-9(10)3-8/h5,7-10H,1-4,6H2,(H,15,16). The highest BCUT2D eigenvalue weighted by Gasteiger charge is 2.39. The van der Waals surface area contributed by atoms with Gasteiger partial charge in [-0.15, -0.1) is 0 Å². The minimum atomic E-state index is -0.388. The van der Waals surface area contributed by atoms with Crippen molar-refractivity contribution >= 4 is 27.4 Å². The fourth-order valence-electron chi connectivity index (χ4n) is 3.56. The third-order valence-corrected chi connectivity index (χ3v) is 4.88. The number of hydrogen-bond acceptors (Lipinski definition) is 4. The lowest BCUT2D eigenvalue weighted by atomic mass is 9.89. The van der Waals surface area contributed by atoms with E-state index in [9.17, 15) is 10.1 Å². The minimum Gasteiger partial charge on any atom is -0.364 e. The van der Waals surface area contributed by atoms with Crippen LogP contribution in [0.1, 0.15) is 25.7 Å². The van der Waals surface area contributed by atoms with Gasteiger partial charge in [0.2, 0.25) is 5.82 Å². The first-order chi connectivity index (χ1) is 9.13. The zero-order valence-electron chi connectivity index (χ0n) is 10.5. The Kier molecular flexibility index (Phi) is 3.43. The molecule has 19 heavy (non-hydrogen) atoms. The highest BCUT2D eigenvalue weighted by molar-refractivity contribution is 9.10. The van der Waals surface area contributed by atoms with Gasteiger partial charge in [0.25, 0.3) is 0 Å². The molecule has 0 saturated heterocycles. The predicted octanol–water partition coefficient (Wildman–Crippen LogP) is 3.60. The first kappa shape index (κ1) is 12.8. The van der Waals surface area contributed by atoms with Crippen LogP contribution < -0.4 is 5.32 Å². The molecule has 2 bridgehead atoms. The van der Waals surface area contributed by atoms with Gasteiger partial charge in [-0.25, -0.2) is 4.98 Å². The average Bonchev–Trinajstić information content (AvgIpc) is 2.99. The van der Waals surface area contributed by atoms with Gasteiger partial charge in [0.05, 0.1) is 4.92 Å². The summed E-state index contributed by atoms with van der Waals surface area (Å²) < 4.78 is 0.629. The van der Waals surface area contributed by atoms with Gasteiger partial charge in [0.15, 0.2) is 0 Å². The summed E-state index contributed by atoms with van der Waals surface area (Å²) in [6, 6.07) is 1.50. The molecule has 0 spiro atoms. The maximum Gasteiger partial charge on any atom is 0.312 e. The normalized spacial score (nSPS) is 28.6. The number of pyridine rings is 1. The van der Waals surface area contributed by atoms with Crippen LogP contribution in [0.25, 0.3) is 0 Å². The molecule has 2 aliphatic rings. The van der Waals surface area contributed by atoms with Crippen LogP contribution in [0.15, 0.2) is 16.7 Å². The Morgan fingerprint density at radius 2 is 2.32 bits per heavy atom. The molecule has 6 heteroatoms. The van der Waals surface area contributed by atoms with E-state index in [1.54, 1.807) is 6.20 Å². The Balaban J connectivity index is 1.68. The largest absolute Gasteiger partial charge is 0.364 e. The summed E-state index contributed by atoms with van der Waals surface area (Å²) in [5, 5.41) is 14.2. The van der Waals surface area contributed by atoms with Crippen LogP contribution in [-0.2, 0) is 0 Å². The van der Waals surface area contributed by atoms with E-state index in [4.69, 9.17) is 0 Å². The van der Waals surface area contributed by atoms with Crippen molar-refractivity contribution in [3.05, 3.63) is 26.9 Å². The SMILES string of the molecule is O=[N+]([O-])c1cc(Br)cnc1NCC1CC2CCC1C2. The molecule has 2 saturated carbocycles. The number of aromatic nitrogens is 1. The maximum absolute atomic E-state index is 11.0. The Morgan fingerprint density at radius 3 is 2.95 bits per heavy atom. The molecule has 3 rings (SSSR count). The highest BCUT2D eigenvalue weighted by atomic mass is 79.9. The summed E-state index contributed by atoms with van der Waals surface area (Å²) in [6.45, 7) is 0.802. The van der Waals surface area contributed by atoms with Crippen LogP contribution in [0.5, 0.6) is 0 Å². The van der Waals surface area contributed by atoms with Crippen molar-refractivity contribution in [3.8, 4) is 0 Å². The average molecular weight is 326 g/mol. The molecule has 2 aliphatic carbocycles. The summed E-state index contributed by atoms with van der Waals surface area (Å²) in [5.41, 5.74) is 0.0394. The van der Waals surface area contributed by atoms with Crippen molar-refractivity contribution in [1.82, 2.24) is 4.98 Å². The molecular weight excluding hydrogens is 310 g/mol. The topological polar surface area (TPSA) is 68.1 Å². The van der Waals surface area contributed by atoms with Gasteiger partial charge in [-0.2, -0.15) is 0 Å². The quantitative estimate of drug-likeness (QED) is 0.678. The highest BCUT2D eigenvalue weighted by Crippen LogP contribution is 2.48. The number of rotatable bonds is 4. The molecule has 0 amide bonds. The fraction of sp³-hybridized carbons (Fsp3) is 0.615. The van der Waals surface area contributed by atoms with Crippen LogP contribution in [0, 0.1) is 27.9 Å². The van der Waals surface area contributed by atoms with Crippen LogP contribution in [0.2, 0.25) is 0 Å². The molecule has 0 aliphatic heterocycles. The van der Waals surface area contributed by atoms with E-state index < -0.39 is 0 Å². The number of halogens is 1. The lowest BCUT2D eigenvalue weighted by Crippen LogP contribution is -2.21. The molecule has 1 aromatic heterocycles. The number of nitrogens with zero attached hydrogens (tertiary/aromatic N) is 2. The molecule has 1 heterocycles. The summed E-state index contributed by atoms with van der Waals surface area (Å²) >= 11 is 3.21. The minimum absolute atomic E-state index is 0.0394. The van der Waals surface area contributed by atoms with E-state index in [0.717, 1.165) is 18.4 Å². The Labute approximate surface area is 120 Å².